The van der Waals surface area contributed by atoms with Crippen LogP contribution in [0.2, 0.25) is 5.02 Å². The average Bonchev–Trinajstić information content (AvgIpc) is 3.48. The average molecular weight is 591 g/mol. The van der Waals surface area contributed by atoms with Gasteiger partial charge in [-0.1, -0.05) is 29.8 Å². The largest absolute Gasteiger partial charge is 0.490 e. The predicted molar refractivity (Wildman–Crippen MR) is 163 cm³/mol. The van der Waals surface area contributed by atoms with Crippen LogP contribution in [0.5, 0.6) is 5.75 Å². The molecule has 4 aromatic rings. The van der Waals surface area contributed by atoms with Crippen molar-refractivity contribution in [2.24, 2.45) is 0 Å². The van der Waals surface area contributed by atoms with Gasteiger partial charge in [-0.2, -0.15) is 0 Å². The Morgan fingerprint density at radius 3 is 2.54 bits per heavy atom. The normalized spacial score (nSPS) is 16.5. The Kier molecular flexibility index (Phi) is 8.58. The third-order valence-electron chi connectivity index (χ3n) is 7.18. The predicted octanol–water partition coefficient (Wildman–Crippen LogP) is 6.13. The van der Waals surface area contributed by atoms with Gasteiger partial charge in [0.2, 0.25) is 0 Å². The molecule has 2 aromatic carbocycles. The number of para-hydroxylation sites is 1. The third kappa shape index (κ3) is 5.53. The van der Waals surface area contributed by atoms with Crippen molar-refractivity contribution in [2.45, 2.75) is 25.9 Å². The van der Waals surface area contributed by atoms with Gasteiger partial charge in [0.25, 0.3) is 0 Å². The molecule has 1 saturated heterocycles. The van der Waals surface area contributed by atoms with Crippen LogP contribution in [0.25, 0.3) is 5.69 Å². The van der Waals surface area contributed by atoms with E-state index in [1.807, 2.05) is 68.4 Å². The number of aryl methyl sites for hydroxylation is 1. The Morgan fingerprint density at radius 2 is 1.83 bits per heavy atom. The number of hydrogen-bond donors (Lipinski definition) is 1. The van der Waals surface area contributed by atoms with Crippen LogP contribution in [0, 0.1) is 13.8 Å². The Bertz CT molecular complexity index is 1580. The number of ether oxygens (including phenoxy) is 3. The van der Waals surface area contributed by atoms with Crippen molar-refractivity contribution in [2.75, 3.05) is 32.3 Å². The summed E-state index contributed by atoms with van der Waals surface area (Å²) in [5.41, 5.74) is 5.86. The number of halogens is 1. The number of aromatic nitrogens is 2. The third-order valence-corrected chi connectivity index (χ3v) is 7.79. The number of carbonyl (C=O) groups is 1. The Hall–Kier alpha value is -3.92. The Labute approximate surface area is 249 Å². The SMILES string of the molecule is COCCOc1ccc(N2C(=S)N[C@H](c3ccccn3)[C@@H]2c2cc(C)n(-c3ccccc3C(=O)OC)c2C)cc1Cl. The number of anilines is 1. The van der Waals surface area contributed by atoms with E-state index in [4.69, 9.17) is 38.0 Å². The zero-order valence-corrected chi connectivity index (χ0v) is 24.8. The van der Waals surface area contributed by atoms with E-state index < -0.39 is 5.97 Å². The second kappa shape index (κ2) is 12.3. The molecule has 0 aliphatic carbocycles. The molecular formula is C31H31ClN4O4S. The van der Waals surface area contributed by atoms with Crippen LogP contribution in [0.15, 0.2) is 72.9 Å². The summed E-state index contributed by atoms with van der Waals surface area (Å²) in [5.74, 6) is 0.176. The first kappa shape index (κ1) is 28.6. The molecule has 0 spiro atoms. The second-order valence-electron chi connectivity index (χ2n) is 9.62. The van der Waals surface area contributed by atoms with E-state index in [0.717, 1.165) is 34.0 Å². The molecule has 41 heavy (non-hydrogen) atoms. The number of methoxy groups -OCH3 is 2. The van der Waals surface area contributed by atoms with E-state index in [2.05, 4.69) is 25.8 Å². The lowest BCUT2D eigenvalue weighted by Gasteiger charge is -2.28. The molecule has 0 amide bonds. The van der Waals surface area contributed by atoms with E-state index in [-0.39, 0.29) is 12.1 Å². The zero-order valence-electron chi connectivity index (χ0n) is 23.3. The van der Waals surface area contributed by atoms with Gasteiger partial charge in [-0.3, -0.25) is 4.98 Å². The highest BCUT2D eigenvalue weighted by Crippen LogP contribution is 2.45. The van der Waals surface area contributed by atoms with Crippen LogP contribution in [0.4, 0.5) is 5.69 Å². The quantitative estimate of drug-likeness (QED) is 0.142. The highest BCUT2D eigenvalue weighted by molar-refractivity contribution is 7.80. The Morgan fingerprint density at radius 1 is 1.05 bits per heavy atom. The molecule has 3 heterocycles. The summed E-state index contributed by atoms with van der Waals surface area (Å²) in [5, 5.41) is 4.52. The number of esters is 1. The number of carbonyl (C=O) groups excluding carboxylic acids is 1. The first-order valence-corrected chi connectivity index (χ1v) is 13.9. The van der Waals surface area contributed by atoms with Crippen LogP contribution < -0.4 is 15.0 Å². The molecule has 0 unspecified atom stereocenters. The van der Waals surface area contributed by atoms with Gasteiger partial charge in [0.05, 0.1) is 47.8 Å². The summed E-state index contributed by atoms with van der Waals surface area (Å²) in [6.07, 6.45) is 1.78. The van der Waals surface area contributed by atoms with Gasteiger partial charge < -0.3 is 29.0 Å². The van der Waals surface area contributed by atoms with Crippen molar-refractivity contribution in [1.82, 2.24) is 14.9 Å². The van der Waals surface area contributed by atoms with E-state index >= 15 is 0 Å². The summed E-state index contributed by atoms with van der Waals surface area (Å²) in [6.45, 7) is 4.92. The molecule has 2 aromatic heterocycles. The van der Waals surface area contributed by atoms with Crippen molar-refractivity contribution >= 4 is 40.6 Å². The van der Waals surface area contributed by atoms with Gasteiger partial charge in [-0.05, 0) is 80.2 Å². The number of thiocarbonyl (C=S) groups is 1. The van der Waals surface area contributed by atoms with Crippen molar-refractivity contribution in [3.8, 4) is 11.4 Å². The lowest BCUT2D eigenvalue weighted by atomic mass is 9.96. The van der Waals surface area contributed by atoms with Crippen LogP contribution in [-0.4, -0.2) is 48.1 Å². The van der Waals surface area contributed by atoms with Gasteiger partial charge >= 0.3 is 5.97 Å². The number of hydrogen-bond acceptors (Lipinski definition) is 6. The fraction of sp³-hybridized carbons (Fsp3) is 0.258. The van der Waals surface area contributed by atoms with E-state index in [1.165, 1.54) is 7.11 Å². The van der Waals surface area contributed by atoms with Crippen LogP contribution in [0.3, 0.4) is 0 Å². The standard InChI is InChI=1S/C31H31ClN4O4S/c1-19-17-23(20(2)35(19)26-11-6-5-9-22(26)30(37)39-4)29-28(25-10-7-8-14-33-25)34-31(41)36(29)21-12-13-27(24(32)18-21)40-16-15-38-3/h5-14,17-18,28-29H,15-16H2,1-4H3,(H,34,41)/t28-,29+/m1/s1. The molecule has 8 nitrogen and oxygen atoms in total. The minimum absolute atomic E-state index is 0.245. The van der Waals surface area contributed by atoms with Crippen molar-refractivity contribution in [3.63, 3.8) is 0 Å². The number of benzene rings is 2. The molecule has 1 fully saturated rings. The van der Waals surface area contributed by atoms with Gasteiger partial charge in [-0.15, -0.1) is 0 Å². The maximum absolute atomic E-state index is 12.6. The van der Waals surface area contributed by atoms with Crippen LogP contribution >= 0.6 is 23.8 Å². The maximum Gasteiger partial charge on any atom is 0.339 e. The van der Waals surface area contributed by atoms with E-state index in [0.29, 0.717) is 34.7 Å². The van der Waals surface area contributed by atoms with Crippen molar-refractivity contribution in [3.05, 3.63) is 106 Å². The monoisotopic (exact) mass is 590 g/mol. The zero-order chi connectivity index (χ0) is 29.1. The van der Waals surface area contributed by atoms with Crippen LogP contribution in [0.1, 0.15) is 45.1 Å². The van der Waals surface area contributed by atoms with Gasteiger partial charge in [-0.25, -0.2) is 4.79 Å². The molecule has 1 aliphatic heterocycles. The molecular weight excluding hydrogens is 560 g/mol. The topological polar surface area (TPSA) is 77.9 Å². The minimum Gasteiger partial charge on any atom is -0.490 e. The summed E-state index contributed by atoms with van der Waals surface area (Å²) in [6, 6.07) is 20.5. The maximum atomic E-state index is 12.6. The van der Waals surface area contributed by atoms with E-state index in [9.17, 15) is 4.79 Å². The lowest BCUT2D eigenvalue weighted by Crippen LogP contribution is -2.29. The highest BCUT2D eigenvalue weighted by Gasteiger charge is 2.42. The first-order valence-electron chi connectivity index (χ1n) is 13.1. The number of nitrogens with one attached hydrogen (secondary N) is 1. The molecule has 5 rings (SSSR count). The summed E-state index contributed by atoms with van der Waals surface area (Å²) < 4.78 is 18.0. The fourth-order valence-corrected chi connectivity index (χ4v) is 5.92. The minimum atomic E-state index is -0.395. The molecule has 0 saturated carbocycles. The van der Waals surface area contributed by atoms with E-state index in [1.54, 1.807) is 19.4 Å². The van der Waals surface area contributed by atoms with Crippen molar-refractivity contribution < 1.29 is 19.0 Å². The number of rotatable bonds is 9. The first-order chi connectivity index (χ1) is 19.8. The number of nitrogens with zero attached hydrogens (tertiary/aromatic N) is 3. The fourth-order valence-electron chi connectivity index (χ4n) is 5.35. The molecule has 2 atom stereocenters. The molecule has 10 heteroatoms. The lowest BCUT2D eigenvalue weighted by molar-refractivity contribution is 0.0600. The van der Waals surface area contributed by atoms with Gasteiger partial charge in [0.15, 0.2) is 5.11 Å². The van der Waals surface area contributed by atoms with Crippen LogP contribution in [-0.2, 0) is 9.47 Å². The number of pyridine rings is 1. The summed E-state index contributed by atoms with van der Waals surface area (Å²) in [7, 11) is 3.01. The highest BCUT2D eigenvalue weighted by atomic mass is 35.5. The van der Waals surface area contributed by atoms with Gasteiger partial charge in [0, 0.05) is 30.4 Å². The molecule has 1 aliphatic rings. The summed E-state index contributed by atoms with van der Waals surface area (Å²) in [4.78, 5) is 19.4. The molecule has 212 valence electrons. The molecule has 0 radical (unpaired) electrons. The summed E-state index contributed by atoms with van der Waals surface area (Å²) >= 11 is 12.6. The van der Waals surface area contributed by atoms with Crippen molar-refractivity contribution in [1.29, 1.82) is 0 Å². The molecule has 1 N–H and O–H groups in total. The second-order valence-corrected chi connectivity index (χ2v) is 10.4. The smallest absolute Gasteiger partial charge is 0.339 e. The van der Waals surface area contributed by atoms with Gasteiger partial charge in [0.1, 0.15) is 12.4 Å². The molecule has 0 bridgehead atoms. The Balaban J connectivity index is 1.63.